The van der Waals surface area contributed by atoms with E-state index in [4.69, 9.17) is 4.42 Å². The van der Waals surface area contributed by atoms with Gasteiger partial charge in [-0.2, -0.15) is 0 Å². The highest BCUT2D eigenvalue weighted by Crippen LogP contribution is 2.39. The highest BCUT2D eigenvalue weighted by Gasteiger charge is 2.16. The second-order valence-corrected chi connectivity index (χ2v) is 10.8. The van der Waals surface area contributed by atoms with Crippen molar-refractivity contribution in [3.05, 3.63) is 138 Å². The maximum absolute atomic E-state index is 6.27. The Kier molecular flexibility index (Phi) is 5.01. The molecule has 2 nitrogen and oxygen atoms in total. The number of halogens is 1. The lowest BCUT2D eigenvalue weighted by Gasteiger charge is -2.12. The van der Waals surface area contributed by atoms with Crippen molar-refractivity contribution in [2.24, 2.45) is 0 Å². The van der Waals surface area contributed by atoms with Gasteiger partial charge in [-0.1, -0.05) is 101 Å². The molecule has 0 atom stereocenters. The highest BCUT2D eigenvalue weighted by atomic mass is 79.9. The number of nitrogens with zero attached hydrogens (tertiary/aromatic N) is 1. The summed E-state index contributed by atoms with van der Waals surface area (Å²) in [6.45, 7) is 0. The zero-order valence-corrected chi connectivity index (χ0v) is 22.5. The topological polar surface area (TPSA) is 18.1 Å². The molecule has 0 saturated carbocycles. The van der Waals surface area contributed by atoms with Gasteiger partial charge in [0.25, 0.3) is 0 Å². The van der Waals surface area contributed by atoms with Crippen molar-refractivity contribution in [3.8, 4) is 27.9 Å². The molecule has 0 radical (unpaired) electrons. The molecule has 0 saturated heterocycles. The lowest BCUT2D eigenvalue weighted by Crippen LogP contribution is -1.94. The molecule has 0 unspecified atom stereocenters. The molecule has 8 aromatic rings. The number of aromatic nitrogens is 1. The van der Waals surface area contributed by atoms with Gasteiger partial charge in [0.05, 0.1) is 11.0 Å². The van der Waals surface area contributed by atoms with Gasteiger partial charge in [-0.3, -0.25) is 0 Å². The van der Waals surface area contributed by atoms with Gasteiger partial charge in [0, 0.05) is 37.8 Å². The van der Waals surface area contributed by atoms with Gasteiger partial charge < -0.3 is 8.98 Å². The van der Waals surface area contributed by atoms with Crippen molar-refractivity contribution in [2.45, 2.75) is 0 Å². The fraction of sp³-hybridized carbons (Fsp3) is 0. The first kappa shape index (κ1) is 22.4. The number of fused-ring (bicyclic) bond motifs is 6. The molecule has 6 aromatic carbocycles. The summed E-state index contributed by atoms with van der Waals surface area (Å²) in [4.78, 5) is 0. The van der Waals surface area contributed by atoms with Gasteiger partial charge in [0.1, 0.15) is 11.2 Å². The van der Waals surface area contributed by atoms with Crippen molar-refractivity contribution >= 4 is 59.7 Å². The first-order valence-corrected chi connectivity index (χ1v) is 13.8. The Bertz CT molecular complexity index is 2200. The van der Waals surface area contributed by atoms with Gasteiger partial charge in [-0.15, -0.1) is 0 Å². The molecule has 2 heterocycles. The van der Waals surface area contributed by atoms with E-state index in [1.807, 2.05) is 12.1 Å². The normalized spacial score (nSPS) is 11.7. The highest BCUT2D eigenvalue weighted by molar-refractivity contribution is 9.10. The molecule has 0 aliphatic heterocycles. The molecule has 3 heteroatoms. The molecule has 0 aliphatic carbocycles. The fourth-order valence-corrected chi connectivity index (χ4v) is 6.31. The summed E-state index contributed by atoms with van der Waals surface area (Å²) in [5.74, 6) is 0. The van der Waals surface area contributed by atoms with Crippen molar-refractivity contribution in [3.63, 3.8) is 0 Å². The van der Waals surface area contributed by atoms with Gasteiger partial charge in [-0.25, -0.2) is 0 Å². The number of hydrogen-bond donors (Lipinski definition) is 0. The predicted octanol–water partition coefficient (Wildman–Crippen LogP) is 10.8. The van der Waals surface area contributed by atoms with Crippen LogP contribution < -0.4 is 0 Å². The van der Waals surface area contributed by atoms with Crippen molar-refractivity contribution in [1.29, 1.82) is 0 Å². The van der Waals surface area contributed by atoms with Crippen LogP contribution in [-0.2, 0) is 0 Å². The second-order valence-electron chi connectivity index (χ2n) is 9.92. The van der Waals surface area contributed by atoms with Crippen LogP contribution in [-0.4, -0.2) is 4.57 Å². The Balaban J connectivity index is 1.39. The molecule has 0 amide bonds. The van der Waals surface area contributed by atoms with Crippen LogP contribution in [0.2, 0.25) is 0 Å². The summed E-state index contributed by atoms with van der Waals surface area (Å²) >= 11 is 3.64. The minimum Gasteiger partial charge on any atom is -0.456 e. The molecule has 0 spiro atoms. The van der Waals surface area contributed by atoms with E-state index in [-0.39, 0.29) is 0 Å². The Morgan fingerprint density at radius 3 is 1.97 bits per heavy atom. The van der Waals surface area contributed by atoms with Crippen LogP contribution in [0, 0.1) is 0 Å². The Morgan fingerprint density at radius 1 is 0.462 bits per heavy atom. The van der Waals surface area contributed by atoms with Gasteiger partial charge in [-0.05, 0) is 64.7 Å². The molecular weight excluding hydrogens is 542 g/mol. The summed E-state index contributed by atoms with van der Waals surface area (Å²) in [6, 6.07) is 47.4. The van der Waals surface area contributed by atoms with Crippen LogP contribution in [0.25, 0.3) is 71.7 Å². The zero-order chi connectivity index (χ0) is 25.9. The number of para-hydroxylation sites is 2. The third kappa shape index (κ3) is 3.54. The molecule has 8 rings (SSSR count). The van der Waals surface area contributed by atoms with Crippen LogP contribution in [0.4, 0.5) is 0 Å². The smallest absolute Gasteiger partial charge is 0.137 e. The van der Waals surface area contributed by atoms with E-state index in [1.54, 1.807) is 0 Å². The number of furan rings is 1. The molecule has 2 aromatic heterocycles. The molecule has 0 N–H and O–H groups in total. The Hall–Kier alpha value is -4.60. The van der Waals surface area contributed by atoms with E-state index in [9.17, 15) is 0 Å². The third-order valence-corrected chi connectivity index (χ3v) is 8.16. The SMILES string of the molecule is Brc1cccc(-c2ccccc2-c2ccc3c4ccccc4n(-c4ccc5c(c4)oc4ccccc45)c3c2)c1. The van der Waals surface area contributed by atoms with Gasteiger partial charge >= 0.3 is 0 Å². The molecule has 0 fully saturated rings. The summed E-state index contributed by atoms with van der Waals surface area (Å²) in [5, 5.41) is 4.76. The summed E-state index contributed by atoms with van der Waals surface area (Å²) in [6.07, 6.45) is 0. The average molecular weight is 564 g/mol. The minimum atomic E-state index is 0.899. The van der Waals surface area contributed by atoms with Crippen LogP contribution in [0.15, 0.2) is 142 Å². The average Bonchev–Trinajstić information content (AvgIpc) is 3.52. The van der Waals surface area contributed by atoms with E-state index in [0.29, 0.717) is 0 Å². The zero-order valence-electron chi connectivity index (χ0n) is 20.9. The number of benzene rings is 6. The Labute approximate surface area is 233 Å². The van der Waals surface area contributed by atoms with E-state index in [2.05, 4.69) is 142 Å². The summed E-state index contributed by atoms with van der Waals surface area (Å²) in [7, 11) is 0. The summed E-state index contributed by atoms with van der Waals surface area (Å²) in [5.41, 5.74) is 10.1. The fourth-order valence-electron chi connectivity index (χ4n) is 5.91. The van der Waals surface area contributed by atoms with Gasteiger partial charge in [0.15, 0.2) is 0 Å². The molecule has 0 aliphatic rings. The second kappa shape index (κ2) is 8.72. The lowest BCUT2D eigenvalue weighted by atomic mass is 9.94. The van der Waals surface area contributed by atoms with Crippen molar-refractivity contribution < 1.29 is 4.42 Å². The predicted molar refractivity (Wildman–Crippen MR) is 167 cm³/mol. The van der Waals surface area contributed by atoms with Gasteiger partial charge in [0.2, 0.25) is 0 Å². The van der Waals surface area contributed by atoms with Crippen LogP contribution >= 0.6 is 15.9 Å². The molecule has 39 heavy (non-hydrogen) atoms. The van der Waals surface area contributed by atoms with E-state index < -0.39 is 0 Å². The number of hydrogen-bond acceptors (Lipinski definition) is 1. The quantitative estimate of drug-likeness (QED) is 0.209. The molecule has 0 bridgehead atoms. The third-order valence-electron chi connectivity index (χ3n) is 7.67. The maximum atomic E-state index is 6.27. The van der Waals surface area contributed by atoms with Crippen LogP contribution in [0.3, 0.4) is 0 Å². The van der Waals surface area contributed by atoms with Crippen molar-refractivity contribution in [2.75, 3.05) is 0 Å². The largest absolute Gasteiger partial charge is 0.456 e. The van der Waals surface area contributed by atoms with Crippen LogP contribution in [0.5, 0.6) is 0 Å². The van der Waals surface area contributed by atoms with Crippen LogP contribution in [0.1, 0.15) is 0 Å². The number of rotatable bonds is 3. The monoisotopic (exact) mass is 563 g/mol. The summed E-state index contributed by atoms with van der Waals surface area (Å²) < 4.78 is 9.70. The van der Waals surface area contributed by atoms with E-state index in [1.165, 1.54) is 44.1 Å². The van der Waals surface area contributed by atoms with E-state index >= 15 is 0 Å². The lowest BCUT2D eigenvalue weighted by molar-refractivity contribution is 0.668. The molecular formula is C36H22BrNO. The van der Waals surface area contributed by atoms with E-state index in [0.717, 1.165) is 32.1 Å². The maximum Gasteiger partial charge on any atom is 0.137 e. The standard InChI is InChI=1S/C36H22BrNO/c37-25-9-7-8-23(20-25)27-10-1-2-11-28(27)24-16-18-30-29-12-3-5-14-33(29)38(34(30)21-24)26-17-19-32-31-13-4-6-15-35(31)39-36(32)22-26/h1-22H. The van der Waals surface area contributed by atoms with Crippen molar-refractivity contribution in [1.82, 2.24) is 4.57 Å². The minimum absolute atomic E-state index is 0.899. The molecule has 184 valence electrons. The Morgan fingerprint density at radius 2 is 1.13 bits per heavy atom. The first-order chi connectivity index (χ1) is 19.2. The first-order valence-electron chi connectivity index (χ1n) is 13.0.